The van der Waals surface area contributed by atoms with Crippen LogP contribution in [0.2, 0.25) is 0 Å². The minimum absolute atomic E-state index is 0.0496. The average Bonchev–Trinajstić information content (AvgIpc) is 2.75. The maximum Gasteiger partial charge on any atom is 0.237 e. The van der Waals surface area contributed by atoms with Crippen molar-refractivity contribution in [1.82, 2.24) is 20.5 Å². The number of hydrogen-bond donors (Lipinski definition) is 3. The molecule has 114 valence electrons. The van der Waals surface area contributed by atoms with E-state index in [1.807, 2.05) is 4.90 Å². The van der Waals surface area contributed by atoms with E-state index < -0.39 is 0 Å². The third-order valence-electron chi connectivity index (χ3n) is 4.15. The van der Waals surface area contributed by atoms with Gasteiger partial charge in [-0.2, -0.15) is 0 Å². The first-order valence-corrected chi connectivity index (χ1v) is 7.42. The zero-order valence-electron chi connectivity index (χ0n) is 11.9. The smallest absolute Gasteiger partial charge is 0.237 e. The highest BCUT2D eigenvalue weighted by atomic mass is 16.2. The van der Waals surface area contributed by atoms with Crippen molar-refractivity contribution in [2.75, 3.05) is 45.8 Å². The van der Waals surface area contributed by atoms with E-state index in [9.17, 15) is 9.59 Å². The highest BCUT2D eigenvalue weighted by Crippen LogP contribution is 2.17. The van der Waals surface area contributed by atoms with Gasteiger partial charge in [-0.3, -0.25) is 19.9 Å². The van der Waals surface area contributed by atoms with E-state index in [-0.39, 0.29) is 17.7 Å². The van der Waals surface area contributed by atoms with E-state index in [1.165, 1.54) is 0 Å². The lowest BCUT2D eigenvalue weighted by atomic mass is 9.96. The van der Waals surface area contributed by atoms with Gasteiger partial charge in [0.25, 0.3) is 0 Å². The molecule has 0 aromatic rings. The zero-order chi connectivity index (χ0) is 14.4. The molecule has 2 aliphatic rings. The monoisotopic (exact) mass is 283 g/mol. The average molecular weight is 283 g/mol. The minimum atomic E-state index is -0.115. The van der Waals surface area contributed by atoms with E-state index >= 15 is 0 Å². The van der Waals surface area contributed by atoms with E-state index in [4.69, 9.17) is 5.84 Å². The van der Waals surface area contributed by atoms with Gasteiger partial charge < -0.3 is 10.2 Å². The van der Waals surface area contributed by atoms with Crippen molar-refractivity contribution in [2.24, 2.45) is 11.8 Å². The molecule has 7 nitrogen and oxygen atoms in total. The molecule has 2 rings (SSSR count). The molecular weight excluding hydrogens is 258 g/mol. The Hall–Kier alpha value is -1.18. The molecule has 0 saturated carbocycles. The molecule has 20 heavy (non-hydrogen) atoms. The molecule has 0 aliphatic carbocycles. The lowest BCUT2D eigenvalue weighted by Crippen LogP contribution is -2.47. The second kappa shape index (κ2) is 7.56. The molecule has 2 fully saturated rings. The van der Waals surface area contributed by atoms with E-state index in [0.717, 1.165) is 32.6 Å². The quantitative estimate of drug-likeness (QED) is 0.333. The summed E-state index contributed by atoms with van der Waals surface area (Å²) >= 11 is 0. The summed E-state index contributed by atoms with van der Waals surface area (Å²) < 4.78 is 0. The predicted octanol–water partition coefficient (Wildman–Crippen LogP) is -1.49. The molecule has 2 amide bonds. The van der Waals surface area contributed by atoms with Crippen LogP contribution in [0.25, 0.3) is 0 Å². The van der Waals surface area contributed by atoms with Crippen LogP contribution in [0.4, 0.5) is 0 Å². The largest absolute Gasteiger partial charge is 0.342 e. The van der Waals surface area contributed by atoms with Crippen LogP contribution in [-0.4, -0.2) is 67.4 Å². The maximum atomic E-state index is 12.3. The van der Waals surface area contributed by atoms with E-state index in [0.29, 0.717) is 32.5 Å². The summed E-state index contributed by atoms with van der Waals surface area (Å²) in [5, 5.41) is 3.33. The van der Waals surface area contributed by atoms with Crippen molar-refractivity contribution in [3.63, 3.8) is 0 Å². The van der Waals surface area contributed by atoms with Crippen molar-refractivity contribution in [3.8, 4) is 0 Å². The number of carbonyl (C=O) groups excluding carboxylic acids is 2. The molecular formula is C13H25N5O2. The summed E-state index contributed by atoms with van der Waals surface area (Å²) in [5.74, 6) is 5.16. The second-order valence-electron chi connectivity index (χ2n) is 5.54. The Morgan fingerprint density at radius 1 is 1.15 bits per heavy atom. The van der Waals surface area contributed by atoms with Crippen LogP contribution in [0.1, 0.15) is 19.3 Å². The number of hydrogen-bond acceptors (Lipinski definition) is 5. The number of piperidine rings is 1. The van der Waals surface area contributed by atoms with Crippen molar-refractivity contribution in [1.29, 1.82) is 0 Å². The van der Waals surface area contributed by atoms with Gasteiger partial charge >= 0.3 is 0 Å². The van der Waals surface area contributed by atoms with Gasteiger partial charge in [-0.25, -0.2) is 5.84 Å². The number of nitrogens with one attached hydrogen (secondary N) is 2. The summed E-state index contributed by atoms with van der Waals surface area (Å²) in [4.78, 5) is 27.8. The van der Waals surface area contributed by atoms with Gasteiger partial charge in [-0.1, -0.05) is 0 Å². The molecule has 2 heterocycles. The maximum absolute atomic E-state index is 12.3. The number of amides is 2. The molecule has 0 unspecified atom stereocenters. The standard InChI is InChI=1S/C13H25N5O2/c14-16-13(20)11-2-7-18(8-3-11)12(19)10-17-6-1-4-15-5-9-17/h11,15H,1-10,14H2,(H,16,20). The molecule has 0 aromatic heterocycles. The Labute approximate surface area is 119 Å². The van der Waals surface area contributed by atoms with Crippen LogP contribution in [0, 0.1) is 5.92 Å². The van der Waals surface area contributed by atoms with Gasteiger partial charge in [-0.15, -0.1) is 0 Å². The topological polar surface area (TPSA) is 90.7 Å². The summed E-state index contributed by atoms with van der Waals surface area (Å²) in [5.41, 5.74) is 2.19. The number of carbonyl (C=O) groups is 2. The molecule has 7 heteroatoms. The highest BCUT2D eigenvalue weighted by molar-refractivity contribution is 5.80. The number of nitrogens with two attached hydrogens (primary N) is 1. The normalized spacial score (nSPS) is 22.4. The SMILES string of the molecule is NNC(=O)C1CCN(C(=O)CN2CCCNCC2)CC1. The van der Waals surface area contributed by atoms with Crippen molar-refractivity contribution in [3.05, 3.63) is 0 Å². The molecule has 0 aromatic carbocycles. The first-order chi connectivity index (χ1) is 9.70. The Morgan fingerprint density at radius 2 is 1.90 bits per heavy atom. The van der Waals surface area contributed by atoms with E-state index in [2.05, 4.69) is 15.6 Å². The first-order valence-electron chi connectivity index (χ1n) is 7.42. The van der Waals surface area contributed by atoms with Crippen molar-refractivity contribution >= 4 is 11.8 Å². The second-order valence-corrected chi connectivity index (χ2v) is 5.54. The third kappa shape index (κ3) is 4.16. The van der Waals surface area contributed by atoms with Gasteiger partial charge in [0.15, 0.2) is 0 Å². The molecule has 0 bridgehead atoms. The van der Waals surface area contributed by atoms with Crippen LogP contribution in [0.5, 0.6) is 0 Å². The number of nitrogens with zero attached hydrogens (tertiary/aromatic N) is 2. The Morgan fingerprint density at radius 3 is 2.60 bits per heavy atom. The van der Waals surface area contributed by atoms with Crippen LogP contribution in [-0.2, 0) is 9.59 Å². The lowest BCUT2D eigenvalue weighted by molar-refractivity contribution is -0.136. The van der Waals surface area contributed by atoms with Crippen molar-refractivity contribution < 1.29 is 9.59 Å². The first kappa shape index (κ1) is 15.2. The zero-order valence-corrected chi connectivity index (χ0v) is 11.9. The van der Waals surface area contributed by atoms with Crippen LogP contribution < -0.4 is 16.6 Å². The molecule has 0 atom stereocenters. The Kier molecular flexibility index (Phi) is 5.75. The molecule has 4 N–H and O–H groups in total. The number of hydrazine groups is 1. The lowest BCUT2D eigenvalue weighted by Gasteiger charge is -2.32. The summed E-state index contributed by atoms with van der Waals surface area (Å²) in [6.45, 7) is 5.69. The fourth-order valence-corrected chi connectivity index (χ4v) is 2.86. The van der Waals surface area contributed by atoms with Gasteiger partial charge in [0.1, 0.15) is 0 Å². The molecule has 2 saturated heterocycles. The number of likely N-dealkylation sites (tertiary alicyclic amines) is 1. The molecule has 0 radical (unpaired) electrons. The van der Waals surface area contributed by atoms with Gasteiger partial charge in [-0.05, 0) is 32.4 Å². The summed E-state index contributed by atoms with van der Waals surface area (Å²) in [6.07, 6.45) is 2.50. The van der Waals surface area contributed by atoms with Crippen LogP contribution >= 0.6 is 0 Å². The number of rotatable bonds is 3. The Balaban J connectivity index is 1.75. The summed E-state index contributed by atoms with van der Waals surface area (Å²) in [6, 6.07) is 0. The summed E-state index contributed by atoms with van der Waals surface area (Å²) in [7, 11) is 0. The molecule has 0 spiro atoms. The minimum Gasteiger partial charge on any atom is -0.342 e. The highest BCUT2D eigenvalue weighted by Gasteiger charge is 2.27. The Bertz CT molecular complexity index is 334. The van der Waals surface area contributed by atoms with E-state index in [1.54, 1.807) is 0 Å². The molecule has 2 aliphatic heterocycles. The third-order valence-corrected chi connectivity index (χ3v) is 4.15. The van der Waals surface area contributed by atoms with Crippen LogP contribution in [0.3, 0.4) is 0 Å². The predicted molar refractivity (Wildman–Crippen MR) is 75.6 cm³/mol. The van der Waals surface area contributed by atoms with Gasteiger partial charge in [0.05, 0.1) is 6.54 Å². The fraction of sp³-hybridized carbons (Fsp3) is 0.846. The van der Waals surface area contributed by atoms with Gasteiger partial charge in [0, 0.05) is 32.1 Å². The van der Waals surface area contributed by atoms with Crippen LogP contribution in [0.15, 0.2) is 0 Å². The van der Waals surface area contributed by atoms with Crippen molar-refractivity contribution in [2.45, 2.75) is 19.3 Å². The fourth-order valence-electron chi connectivity index (χ4n) is 2.86. The van der Waals surface area contributed by atoms with Gasteiger partial charge in [0.2, 0.25) is 11.8 Å².